The van der Waals surface area contributed by atoms with Crippen molar-refractivity contribution in [1.29, 1.82) is 0 Å². The van der Waals surface area contributed by atoms with Gasteiger partial charge < -0.3 is 5.11 Å². The number of hydrogen-bond donors (Lipinski definition) is 1. The Morgan fingerprint density at radius 3 is 2.33 bits per heavy atom. The van der Waals surface area contributed by atoms with Crippen molar-refractivity contribution in [1.82, 2.24) is 9.96 Å². The molecule has 1 aromatic rings. The van der Waals surface area contributed by atoms with Crippen LogP contribution in [0.2, 0.25) is 0 Å². The van der Waals surface area contributed by atoms with Crippen LogP contribution in [0.5, 0.6) is 0 Å². The Balaban J connectivity index is 1.81. The molecule has 7 heteroatoms. The first-order chi connectivity index (χ1) is 10.1. The van der Waals surface area contributed by atoms with Crippen molar-refractivity contribution in [3.63, 3.8) is 0 Å². The van der Waals surface area contributed by atoms with Gasteiger partial charge in [0.15, 0.2) is 6.23 Å². The van der Waals surface area contributed by atoms with Crippen molar-refractivity contribution in [3.8, 4) is 0 Å². The molecule has 0 aromatic heterocycles. The Hall–Kier alpha value is -2.41. The van der Waals surface area contributed by atoms with E-state index in [9.17, 15) is 14.4 Å². The quantitative estimate of drug-likeness (QED) is 0.838. The van der Waals surface area contributed by atoms with Crippen molar-refractivity contribution < 1.29 is 24.3 Å². The van der Waals surface area contributed by atoms with E-state index in [4.69, 9.17) is 9.94 Å². The number of rotatable bonds is 2. The monoisotopic (exact) mass is 290 g/mol. The zero-order valence-electron chi connectivity index (χ0n) is 11.2. The zero-order valence-corrected chi connectivity index (χ0v) is 11.2. The van der Waals surface area contributed by atoms with Gasteiger partial charge in [0.05, 0.1) is 11.1 Å². The van der Waals surface area contributed by atoms with Crippen LogP contribution in [0.25, 0.3) is 0 Å². The Kier molecular flexibility index (Phi) is 3.34. The average Bonchev–Trinajstić information content (AvgIpc) is 2.73. The van der Waals surface area contributed by atoms with Crippen molar-refractivity contribution >= 4 is 17.9 Å². The van der Waals surface area contributed by atoms with Gasteiger partial charge in [0, 0.05) is 6.54 Å². The summed E-state index contributed by atoms with van der Waals surface area (Å²) in [6.07, 6.45) is 0.0702. The molecule has 2 heterocycles. The zero-order chi connectivity index (χ0) is 15.0. The maximum Gasteiger partial charge on any atom is 0.409 e. The van der Waals surface area contributed by atoms with Gasteiger partial charge in [-0.05, 0) is 31.4 Å². The van der Waals surface area contributed by atoms with Crippen LogP contribution in [0.3, 0.4) is 0 Å². The fourth-order valence-electron chi connectivity index (χ4n) is 2.61. The van der Waals surface area contributed by atoms with Gasteiger partial charge in [0.1, 0.15) is 0 Å². The van der Waals surface area contributed by atoms with Crippen molar-refractivity contribution in [2.45, 2.75) is 25.5 Å². The van der Waals surface area contributed by atoms with E-state index in [-0.39, 0.29) is 11.1 Å². The summed E-state index contributed by atoms with van der Waals surface area (Å²) >= 11 is 0. The Morgan fingerprint density at radius 1 is 1.14 bits per heavy atom. The van der Waals surface area contributed by atoms with Crippen LogP contribution in [-0.2, 0) is 4.84 Å². The lowest BCUT2D eigenvalue weighted by Gasteiger charge is -2.34. The summed E-state index contributed by atoms with van der Waals surface area (Å²) in [5.74, 6) is -1.10. The Labute approximate surface area is 120 Å². The van der Waals surface area contributed by atoms with Gasteiger partial charge in [-0.1, -0.05) is 12.1 Å². The summed E-state index contributed by atoms with van der Waals surface area (Å²) in [6.45, 7) is 0.336. The number of nitrogens with zero attached hydrogens (tertiary/aromatic N) is 2. The lowest BCUT2D eigenvalue weighted by Crippen LogP contribution is -2.48. The molecule has 0 bridgehead atoms. The van der Waals surface area contributed by atoms with Gasteiger partial charge >= 0.3 is 6.09 Å². The summed E-state index contributed by atoms with van der Waals surface area (Å²) in [6, 6.07) is 6.43. The number of hydroxylamine groups is 2. The highest BCUT2D eigenvalue weighted by molar-refractivity contribution is 6.20. The number of carbonyl (C=O) groups excluding carboxylic acids is 2. The highest BCUT2D eigenvalue weighted by Crippen LogP contribution is 2.26. The third-order valence-electron chi connectivity index (χ3n) is 3.68. The minimum Gasteiger partial charge on any atom is -0.465 e. The maximum atomic E-state index is 12.2. The van der Waals surface area contributed by atoms with Crippen molar-refractivity contribution in [2.75, 3.05) is 6.54 Å². The molecule has 2 aliphatic rings. The molecule has 3 amide bonds. The molecule has 2 aliphatic heterocycles. The summed E-state index contributed by atoms with van der Waals surface area (Å²) < 4.78 is 0. The smallest absolute Gasteiger partial charge is 0.409 e. The number of carbonyl (C=O) groups is 3. The van der Waals surface area contributed by atoms with Crippen LogP contribution in [0.4, 0.5) is 4.79 Å². The number of benzene rings is 1. The largest absolute Gasteiger partial charge is 0.465 e. The molecular weight excluding hydrogens is 276 g/mol. The lowest BCUT2D eigenvalue weighted by molar-refractivity contribution is -0.184. The van der Waals surface area contributed by atoms with Gasteiger partial charge in [-0.2, -0.15) is 0 Å². The molecule has 1 atom stereocenters. The molecule has 21 heavy (non-hydrogen) atoms. The van der Waals surface area contributed by atoms with Gasteiger partial charge in [-0.15, -0.1) is 5.06 Å². The first-order valence-electron chi connectivity index (χ1n) is 6.74. The van der Waals surface area contributed by atoms with E-state index in [1.54, 1.807) is 24.3 Å². The molecule has 7 nitrogen and oxygen atoms in total. The fraction of sp³-hybridized carbons (Fsp3) is 0.357. The summed E-state index contributed by atoms with van der Waals surface area (Å²) in [5.41, 5.74) is 0.556. The number of hydrogen-bond acceptors (Lipinski definition) is 4. The molecule has 0 saturated carbocycles. The van der Waals surface area contributed by atoms with E-state index in [0.717, 1.165) is 17.7 Å². The van der Waals surface area contributed by atoms with Crippen LogP contribution in [0, 0.1) is 0 Å². The SMILES string of the molecule is O=C1c2ccccc2C(=O)N1OC1CCCCN1C(=O)O. The van der Waals surface area contributed by atoms with Gasteiger partial charge in [-0.3, -0.25) is 14.5 Å². The van der Waals surface area contributed by atoms with Crippen molar-refractivity contribution in [2.24, 2.45) is 0 Å². The number of likely N-dealkylation sites (tertiary alicyclic amines) is 1. The highest BCUT2D eigenvalue weighted by atomic mass is 16.7. The van der Waals surface area contributed by atoms with Gasteiger partial charge in [0.2, 0.25) is 0 Å². The molecule has 3 rings (SSSR count). The maximum absolute atomic E-state index is 12.2. The Morgan fingerprint density at radius 2 is 1.76 bits per heavy atom. The molecule has 1 N–H and O–H groups in total. The number of imide groups is 1. The summed E-state index contributed by atoms with van der Waals surface area (Å²) in [4.78, 5) is 42.1. The third kappa shape index (κ3) is 2.25. The number of amides is 3. The predicted octanol–water partition coefficient (Wildman–Crippen LogP) is 1.70. The normalized spacial score (nSPS) is 21.6. The van der Waals surface area contributed by atoms with E-state index in [2.05, 4.69) is 0 Å². The third-order valence-corrected chi connectivity index (χ3v) is 3.68. The van der Waals surface area contributed by atoms with Crippen LogP contribution in [0.1, 0.15) is 40.0 Å². The molecule has 1 fully saturated rings. The minimum atomic E-state index is -1.11. The molecule has 110 valence electrons. The Bertz CT molecular complexity index is 580. The fourth-order valence-corrected chi connectivity index (χ4v) is 2.61. The molecule has 1 unspecified atom stereocenters. The average molecular weight is 290 g/mol. The standard InChI is InChI=1S/C14H14N2O5/c17-12-9-5-1-2-6-10(9)13(18)16(12)21-11-7-3-4-8-15(11)14(19)20/h1-2,5-6,11H,3-4,7-8H2,(H,19,20). The molecule has 1 saturated heterocycles. The van der Waals surface area contributed by atoms with E-state index in [1.165, 1.54) is 0 Å². The summed E-state index contributed by atoms with van der Waals surface area (Å²) in [7, 11) is 0. The number of carboxylic acid groups (broad SMARTS) is 1. The topological polar surface area (TPSA) is 87.2 Å². The highest BCUT2D eigenvalue weighted by Gasteiger charge is 2.40. The molecule has 0 aliphatic carbocycles. The van der Waals surface area contributed by atoms with Crippen LogP contribution >= 0.6 is 0 Å². The van der Waals surface area contributed by atoms with E-state index in [0.29, 0.717) is 18.0 Å². The first kappa shape index (κ1) is 13.6. The van der Waals surface area contributed by atoms with Crippen molar-refractivity contribution in [3.05, 3.63) is 35.4 Å². The first-order valence-corrected chi connectivity index (χ1v) is 6.74. The predicted molar refractivity (Wildman–Crippen MR) is 70.4 cm³/mol. The van der Waals surface area contributed by atoms with Crippen LogP contribution in [0.15, 0.2) is 24.3 Å². The second-order valence-electron chi connectivity index (χ2n) is 4.98. The van der Waals surface area contributed by atoms with E-state index in [1.807, 2.05) is 0 Å². The molecule has 1 aromatic carbocycles. The molecule has 0 radical (unpaired) electrons. The van der Waals surface area contributed by atoms with E-state index >= 15 is 0 Å². The second kappa shape index (κ2) is 5.17. The van der Waals surface area contributed by atoms with E-state index < -0.39 is 24.1 Å². The molecular formula is C14H14N2O5. The second-order valence-corrected chi connectivity index (χ2v) is 4.98. The van der Waals surface area contributed by atoms with Crippen LogP contribution in [-0.4, -0.2) is 45.7 Å². The number of fused-ring (bicyclic) bond motifs is 1. The molecule has 0 spiro atoms. The minimum absolute atomic E-state index is 0.278. The van der Waals surface area contributed by atoms with Gasteiger partial charge in [-0.25, -0.2) is 9.63 Å². The van der Waals surface area contributed by atoms with Crippen LogP contribution < -0.4 is 0 Å². The lowest BCUT2D eigenvalue weighted by atomic mass is 10.1. The van der Waals surface area contributed by atoms with Gasteiger partial charge in [0.25, 0.3) is 11.8 Å². The summed E-state index contributed by atoms with van der Waals surface area (Å²) in [5, 5.41) is 9.82. The number of piperidine rings is 1.